The molecule has 3 nitrogen and oxygen atoms in total. The van der Waals surface area contributed by atoms with Crippen LogP contribution < -0.4 is 0 Å². The van der Waals surface area contributed by atoms with Gasteiger partial charge in [-0.05, 0) is 43.0 Å². The van der Waals surface area contributed by atoms with Gasteiger partial charge < -0.3 is 0 Å². The average molecular weight is 348 g/mol. The molecule has 0 radical (unpaired) electrons. The summed E-state index contributed by atoms with van der Waals surface area (Å²) in [6, 6.07) is 3.66. The molecule has 1 aromatic rings. The number of sulfonamides is 1. The average Bonchev–Trinajstić information content (AvgIpc) is 2.47. The van der Waals surface area contributed by atoms with Crippen molar-refractivity contribution in [1.82, 2.24) is 4.31 Å². The fourth-order valence-corrected chi connectivity index (χ4v) is 6.01. The van der Waals surface area contributed by atoms with E-state index in [9.17, 15) is 8.42 Å². The summed E-state index contributed by atoms with van der Waals surface area (Å²) in [6.07, 6.45) is 0.997. The molecule has 1 saturated heterocycles. The Bertz CT molecular complexity index is 616. The Hall–Kier alpha value is -0.230. The minimum atomic E-state index is -3.42. The molecule has 1 aliphatic heterocycles. The second-order valence-electron chi connectivity index (χ2n) is 5.44. The molecule has 118 valence electrons. The van der Waals surface area contributed by atoms with Crippen LogP contribution in [-0.4, -0.2) is 36.8 Å². The third-order valence-corrected chi connectivity index (χ3v) is 7.62. The van der Waals surface area contributed by atoms with Crippen molar-refractivity contribution in [1.29, 1.82) is 0 Å². The predicted molar refractivity (Wildman–Crippen MR) is 90.8 cm³/mol. The number of benzene rings is 1. The largest absolute Gasteiger partial charge is 0.243 e. The van der Waals surface area contributed by atoms with Crippen LogP contribution in [0.2, 0.25) is 0 Å². The molecule has 1 aromatic carbocycles. The van der Waals surface area contributed by atoms with Crippen LogP contribution in [0.15, 0.2) is 17.0 Å². The predicted octanol–water partition coefficient (Wildman–Crippen LogP) is 3.56. The standard InChI is InChI=1S/C15H22ClNO2S2/c1-4-14-10-17(5-6-20-14)21(18,19)15-8-13(9-16)11(2)7-12(15)3/h7-8,14H,4-6,9-10H2,1-3H3. The molecule has 6 heteroatoms. The molecule has 2 rings (SSSR count). The van der Waals surface area contributed by atoms with E-state index in [2.05, 4.69) is 6.92 Å². The molecule has 0 aliphatic carbocycles. The molecule has 1 atom stereocenters. The van der Waals surface area contributed by atoms with Crippen molar-refractivity contribution >= 4 is 33.4 Å². The number of halogens is 1. The monoisotopic (exact) mass is 347 g/mol. The van der Waals surface area contributed by atoms with Crippen molar-refractivity contribution in [2.24, 2.45) is 0 Å². The Kier molecular flexibility index (Phi) is 5.63. The fraction of sp³-hybridized carbons (Fsp3) is 0.600. The maximum atomic E-state index is 12.9. The normalized spacial score (nSPS) is 20.7. The quantitative estimate of drug-likeness (QED) is 0.781. The Labute approximate surface area is 137 Å². The number of aryl methyl sites for hydroxylation is 2. The van der Waals surface area contributed by atoms with Crippen molar-refractivity contribution in [2.45, 2.75) is 43.2 Å². The highest BCUT2D eigenvalue weighted by Gasteiger charge is 2.31. The first-order chi connectivity index (χ1) is 9.90. The number of hydrogen-bond donors (Lipinski definition) is 0. The summed E-state index contributed by atoms with van der Waals surface area (Å²) in [7, 11) is -3.42. The molecule has 1 aliphatic rings. The van der Waals surface area contributed by atoms with Gasteiger partial charge >= 0.3 is 0 Å². The molecular weight excluding hydrogens is 326 g/mol. The molecule has 0 spiro atoms. The van der Waals surface area contributed by atoms with E-state index in [-0.39, 0.29) is 0 Å². The van der Waals surface area contributed by atoms with Gasteiger partial charge in [0.2, 0.25) is 10.0 Å². The van der Waals surface area contributed by atoms with Crippen LogP contribution in [-0.2, 0) is 15.9 Å². The van der Waals surface area contributed by atoms with Crippen LogP contribution >= 0.6 is 23.4 Å². The lowest BCUT2D eigenvalue weighted by atomic mass is 10.1. The van der Waals surface area contributed by atoms with Crippen molar-refractivity contribution in [3.8, 4) is 0 Å². The van der Waals surface area contributed by atoms with E-state index in [1.165, 1.54) is 0 Å². The lowest BCUT2D eigenvalue weighted by Gasteiger charge is -2.31. The SMILES string of the molecule is CCC1CN(S(=O)(=O)c2cc(CCl)c(C)cc2C)CCS1. The van der Waals surface area contributed by atoms with Gasteiger partial charge in [-0.1, -0.05) is 13.0 Å². The molecule has 1 heterocycles. The van der Waals surface area contributed by atoms with Crippen molar-refractivity contribution in [2.75, 3.05) is 18.8 Å². The molecule has 1 fully saturated rings. The lowest BCUT2D eigenvalue weighted by Crippen LogP contribution is -2.41. The third kappa shape index (κ3) is 3.58. The Morgan fingerprint density at radius 1 is 1.33 bits per heavy atom. The molecular formula is C15H22ClNO2S2. The maximum Gasteiger partial charge on any atom is 0.243 e. The van der Waals surface area contributed by atoms with E-state index >= 15 is 0 Å². The Balaban J connectivity index is 2.39. The Morgan fingerprint density at radius 2 is 2.05 bits per heavy atom. The van der Waals surface area contributed by atoms with Crippen molar-refractivity contribution in [3.63, 3.8) is 0 Å². The van der Waals surface area contributed by atoms with E-state index < -0.39 is 10.0 Å². The second kappa shape index (κ2) is 6.90. The van der Waals surface area contributed by atoms with Gasteiger partial charge in [-0.15, -0.1) is 11.6 Å². The van der Waals surface area contributed by atoms with Crippen LogP contribution in [0.3, 0.4) is 0 Å². The van der Waals surface area contributed by atoms with Gasteiger partial charge in [0.1, 0.15) is 0 Å². The fourth-order valence-electron chi connectivity index (χ4n) is 2.59. The zero-order valence-electron chi connectivity index (χ0n) is 12.7. The van der Waals surface area contributed by atoms with Gasteiger partial charge in [0.15, 0.2) is 0 Å². The van der Waals surface area contributed by atoms with Gasteiger partial charge in [-0.25, -0.2) is 8.42 Å². The van der Waals surface area contributed by atoms with E-state index in [1.54, 1.807) is 10.4 Å². The summed E-state index contributed by atoms with van der Waals surface area (Å²) < 4.78 is 27.5. The summed E-state index contributed by atoms with van der Waals surface area (Å²) in [5, 5.41) is 0.395. The highest BCUT2D eigenvalue weighted by Crippen LogP contribution is 2.29. The first-order valence-electron chi connectivity index (χ1n) is 7.18. The van der Waals surface area contributed by atoms with Crippen LogP contribution in [0.5, 0.6) is 0 Å². The molecule has 1 unspecified atom stereocenters. The van der Waals surface area contributed by atoms with Crippen LogP contribution in [0.1, 0.15) is 30.0 Å². The molecule has 0 saturated carbocycles. The number of hydrogen-bond acceptors (Lipinski definition) is 3. The summed E-state index contributed by atoms with van der Waals surface area (Å²) in [6.45, 7) is 7.12. The highest BCUT2D eigenvalue weighted by molar-refractivity contribution is 8.00. The molecule has 0 bridgehead atoms. The van der Waals surface area contributed by atoms with E-state index in [0.29, 0.717) is 29.1 Å². The van der Waals surface area contributed by atoms with Crippen LogP contribution in [0.4, 0.5) is 0 Å². The molecule has 0 aromatic heterocycles. The minimum Gasteiger partial charge on any atom is -0.207 e. The van der Waals surface area contributed by atoms with E-state index in [4.69, 9.17) is 11.6 Å². The van der Waals surface area contributed by atoms with Crippen LogP contribution in [0, 0.1) is 13.8 Å². The minimum absolute atomic E-state index is 0.335. The zero-order chi connectivity index (χ0) is 15.6. The first-order valence-corrected chi connectivity index (χ1v) is 10.2. The van der Waals surface area contributed by atoms with Crippen LogP contribution in [0.25, 0.3) is 0 Å². The first kappa shape index (κ1) is 17.1. The van der Waals surface area contributed by atoms with E-state index in [1.807, 2.05) is 31.7 Å². The summed E-state index contributed by atoms with van der Waals surface area (Å²) in [4.78, 5) is 0.408. The summed E-state index contributed by atoms with van der Waals surface area (Å²) in [5.74, 6) is 1.20. The van der Waals surface area contributed by atoms with Gasteiger partial charge in [0.05, 0.1) is 4.90 Å². The van der Waals surface area contributed by atoms with Crippen molar-refractivity contribution in [3.05, 3.63) is 28.8 Å². The maximum absolute atomic E-state index is 12.9. The summed E-state index contributed by atoms with van der Waals surface area (Å²) in [5.41, 5.74) is 2.73. The third-order valence-electron chi connectivity index (χ3n) is 3.95. The number of thioether (sulfide) groups is 1. The van der Waals surface area contributed by atoms with Crippen molar-refractivity contribution < 1.29 is 8.42 Å². The smallest absolute Gasteiger partial charge is 0.207 e. The van der Waals surface area contributed by atoms with Gasteiger partial charge in [-0.3, -0.25) is 0 Å². The Morgan fingerprint density at radius 3 is 2.67 bits per heavy atom. The molecule has 0 amide bonds. The number of nitrogens with zero attached hydrogens (tertiary/aromatic N) is 1. The topological polar surface area (TPSA) is 37.4 Å². The zero-order valence-corrected chi connectivity index (χ0v) is 15.1. The molecule has 21 heavy (non-hydrogen) atoms. The summed E-state index contributed by atoms with van der Waals surface area (Å²) >= 11 is 7.79. The second-order valence-corrected chi connectivity index (χ2v) is 9.02. The van der Waals surface area contributed by atoms with Gasteiger partial charge in [0, 0.05) is 30.0 Å². The van der Waals surface area contributed by atoms with E-state index in [0.717, 1.165) is 28.9 Å². The molecule has 0 N–H and O–H groups in total. The van der Waals surface area contributed by atoms with Gasteiger partial charge in [-0.2, -0.15) is 16.1 Å². The number of alkyl halides is 1. The van der Waals surface area contributed by atoms with Gasteiger partial charge in [0.25, 0.3) is 0 Å². The number of rotatable bonds is 4. The highest BCUT2D eigenvalue weighted by atomic mass is 35.5. The lowest BCUT2D eigenvalue weighted by molar-refractivity contribution is 0.415.